The molecule has 0 fully saturated rings. The summed E-state index contributed by atoms with van der Waals surface area (Å²) < 4.78 is 9.99. The largest absolute Gasteiger partial charge is 0.382 e. The van der Waals surface area contributed by atoms with Gasteiger partial charge in [0.25, 0.3) is 0 Å². The van der Waals surface area contributed by atoms with Crippen LogP contribution in [0.5, 0.6) is 0 Å². The van der Waals surface area contributed by atoms with Gasteiger partial charge < -0.3 is 19.6 Å². The second kappa shape index (κ2) is 12.1. The molecule has 0 atom stereocenters. The van der Waals surface area contributed by atoms with Gasteiger partial charge in [-0.05, 0) is 12.8 Å². The van der Waals surface area contributed by atoms with Gasteiger partial charge in [-0.1, -0.05) is 0 Å². The zero-order valence-electron chi connectivity index (χ0n) is 9.87. The molecule has 0 radical (unpaired) electrons. The minimum absolute atomic E-state index is 0.0150. The van der Waals surface area contributed by atoms with E-state index in [1.165, 1.54) is 0 Å². The average molecular weight is 231 g/mol. The Hall–Kier alpha value is -0.940. The summed E-state index contributed by atoms with van der Waals surface area (Å²) in [6, 6.07) is 0. The Morgan fingerprint density at radius 3 is 2.75 bits per heavy atom. The maximum absolute atomic E-state index is 11.2. The monoisotopic (exact) mass is 231 g/mol. The Bertz CT molecular complexity index is 185. The third-order valence-corrected chi connectivity index (χ3v) is 1.98. The first-order chi connectivity index (χ1) is 7.81. The number of unbranched alkanes of at least 4 members (excludes halogenated alkanes) is 2. The van der Waals surface area contributed by atoms with Crippen molar-refractivity contribution in [3.63, 3.8) is 0 Å². The highest BCUT2D eigenvalue weighted by atomic mass is 16.5. The number of nitrogens with one attached hydrogen (secondary N) is 1. The highest BCUT2D eigenvalue weighted by Gasteiger charge is 1.99. The summed E-state index contributed by atoms with van der Waals surface area (Å²) in [4.78, 5) is 21.2. The molecule has 0 heterocycles. The summed E-state index contributed by atoms with van der Waals surface area (Å²) in [6.45, 7) is 2.14. The lowest BCUT2D eigenvalue weighted by molar-refractivity contribution is -0.121. The number of methoxy groups -OCH3 is 1. The molecule has 0 unspecified atom stereocenters. The van der Waals surface area contributed by atoms with Gasteiger partial charge in [0, 0.05) is 26.5 Å². The molecule has 0 aromatic carbocycles. The van der Waals surface area contributed by atoms with Crippen LogP contribution >= 0.6 is 0 Å². The van der Waals surface area contributed by atoms with Crippen molar-refractivity contribution in [2.45, 2.75) is 25.7 Å². The third-order valence-electron chi connectivity index (χ3n) is 1.98. The molecule has 0 bridgehead atoms. The van der Waals surface area contributed by atoms with E-state index in [0.29, 0.717) is 39.2 Å². The van der Waals surface area contributed by atoms with E-state index >= 15 is 0 Å². The lowest BCUT2D eigenvalue weighted by atomic mass is 10.2. The van der Waals surface area contributed by atoms with Gasteiger partial charge in [-0.3, -0.25) is 4.79 Å². The van der Waals surface area contributed by atoms with Crippen LogP contribution in [0.1, 0.15) is 25.7 Å². The molecule has 0 spiro atoms. The molecule has 16 heavy (non-hydrogen) atoms. The van der Waals surface area contributed by atoms with Crippen LogP contribution in [0.25, 0.3) is 0 Å². The number of carbonyl (C=O) groups excluding carboxylic acids is 2. The smallest absolute Gasteiger partial charge is 0.220 e. The van der Waals surface area contributed by atoms with Crippen molar-refractivity contribution in [2.24, 2.45) is 0 Å². The molecule has 1 N–H and O–H groups in total. The Kier molecular flexibility index (Phi) is 11.4. The maximum Gasteiger partial charge on any atom is 0.220 e. The summed E-state index contributed by atoms with van der Waals surface area (Å²) in [5, 5.41) is 2.74. The molecular formula is C11H21NO4. The molecule has 0 aliphatic rings. The van der Waals surface area contributed by atoms with Gasteiger partial charge >= 0.3 is 0 Å². The Morgan fingerprint density at radius 2 is 2.06 bits per heavy atom. The quantitative estimate of drug-likeness (QED) is 0.416. The van der Waals surface area contributed by atoms with E-state index in [9.17, 15) is 9.59 Å². The first-order valence-electron chi connectivity index (χ1n) is 5.58. The standard InChI is InChI=1S/C11H21NO4/c1-15-9-10-16-8-6-12-11(14)5-3-2-4-7-13/h7H,2-6,8-10H2,1H3,(H,12,14). The van der Waals surface area contributed by atoms with Crippen molar-refractivity contribution in [3.05, 3.63) is 0 Å². The van der Waals surface area contributed by atoms with E-state index in [1.54, 1.807) is 7.11 Å². The van der Waals surface area contributed by atoms with Crippen molar-refractivity contribution >= 4 is 12.2 Å². The Balaban J connectivity index is 3.14. The molecular weight excluding hydrogens is 210 g/mol. The van der Waals surface area contributed by atoms with Crippen molar-refractivity contribution in [1.82, 2.24) is 5.32 Å². The molecule has 0 saturated carbocycles. The van der Waals surface area contributed by atoms with Crippen LogP contribution in [0.2, 0.25) is 0 Å². The fourth-order valence-electron chi connectivity index (χ4n) is 1.11. The normalized spacial score (nSPS) is 10.1. The number of ether oxygens (including phenoxy) is 2. The van der Waals surface area contributed by atoms with E-state index in [1.807, 2.05) is 0 Å². The third kappa shape index (κ3) is 11.1. The van der Waals surface area contributed by atoms with Gasteiger partial charge in [0.2, 0.25) is 5.91 Å². The molecule has 5 nitrogen and oxygen atoms in total. The van der Waals surface area contributed by atoms with E-state index in [2.05, 4.69) is 5.32 Å². The van der Waals surface area contributed by atoms with Gasteiger partial charge in [-0.25, -0.2) is 0 Å². The molecule has 5 heteroatoms. The van der Waals surface area contributed by atoms with Gasteiger partial charge in [0.15, 0.2) is 0 Å². The highest BCUT2D eigenvalue weighted by molar-refractivity contribution is 5.75. The SMILES string of the molecule is COCCOCCNC(=O)CCCCC=O. The second-order valence-corrected chi connectivity index (χ2v) is 3.37. The predicted octanol–water partition coefficient (Wildman–Crippen LogP) is 0.525. The van der Waals surface area contributed by atoms with Crippen LogP contribution in [-0.2, 0) is 19.1 Å². The second-order valence-electron chi connectivity index (χ2n) is 3.37. The van der Waals surface area contributed by atoms with E-state index in [-0.39, 0.29) is 5.91 Å². The zero-order chi connectivity index (χ0) is 12.1. The first kappa shape index (κ1) is 15.1. The Morgan fingerprint density at radius 1 is 1.25 bits per heavy atom. The van der Waals surface area contributed by atoms with E-state index in [0.717, 1.165) is 19.1 Å². The fourth-order valence-corrected chi connectivity index (χ4v) is 1.11. The topological polar surface area (TPSA) is 64.6 Å². The average Bonchev–Trinajstić information content (AvgIpc) is 2.29. The van der Waals surface area contributed by atoms with Crippen LogP contribution in [-0.4, -0.2) is 45.7 Å². The summed E-state index contributed by atoms with van der Waals surface area (Å²) >= 11 is 0. The number of carbonyl (C=O) groups is 2. The molecule has 0 aromatic rings. The lowest BCUT2D eigenvalue weighted by Crippen LogP contribution is -2.27. The molecule has 94 valence electrons. The van der Waals surface area contributed by atoms with Gasteiger partial charge in [0.05, 0.1) is 19.8 Å². The van der Waals surface area contributed by atoms with Crippen LogP contribution < -0.4 is 5.32 Å². The fraction of sp³-hybridized carbons (Fsp3) is 0.818. The lowest BCUT2D eigenvalue weighted by Gasteiger charge is -2.05. The molecule has 0 aromatic heterocycles. The minimum Gasteiger partial charge on any atom is -0.382 e. The van der Waals surface area contributed by atoms with Crippen LogP contribution in [0.15, 0.2) is 0 Å². The number of rotatable bonds is 11. The van der Waals surface area contributed by atoms with Crippen molar-refractivity contribution in [3.8, 4) is 0 Å². The molecule has 1 amide bonds. The Labute approximate surface area is 96.5 Å². The number of amides is 1. The van der Waals surface area contributed by atoms with Crippen LogP contribution in [0.3, 0.4) is 0 Å². The maximum atomic E-state index is 11.2. The first-order valence-corrected chi connectivity index (χ1v) is 5.58. The number of hydrogen-bond donors (Lipinski definition) is 1. The summed E-state index contributed by atoms with van der Waals surface area (Å²) in [6.07, 6.45) is 3.43. The van der Waals surface area contributed by atoms with Crippen molar-refractivity contribution in [1.29, 1.82) is 0 Å². The van der Waals surface area contributed by atoms with E-state index in [4.69, 9.17) is 9.47 Å². The van der Waals surface area contributed by atoms with Crippen LogP contribution in [0, 0.1) is 0 Å². The van der Waals surface area contributed by atoms with Crippen molar-refractivity contribution in [2.75, 3.05) is 33.5 Å². The van der Waals surface area contributed by atoms with Gasteiger partial charge in [-0.15, -0.1) is 0 Å². The van der Waals surface area contributed by atoms with Crippen molar-refractivity contribution < 1.29 is 19.1 Å². The molecule has 0 rings (SSSR count). The summed E-state index contributed by atoms with van der Waals surface area (Å²) in [5.74, 6) is 0.0150. The summed E-state index contributed by atoms with van der Waals surface area (Å²) in [5.41, 5.74) is 0. The van der Waals surface area contributed by atoms with Gasteiger partial charge in [0.1, 0.15) is 6.29 Å². The molecule has 0 saturated heterocycles. The number of hydrogen-bond acceptors (Lipinski definition) is 4. The number of aldehydes is 1. The van der Waals surface area contributed by atoms with Crippen LogP contribution in [0.4, 0.5) is 0 Å². The minimum atomic E-state index is 0.0150. The predicted molar refractivity (Wildman–Crippen MR) is 60.2 cm³/mol. The highest BCUT2D eigenvalue weighted by Crippen LogP contribution is 1.97. The molecule has 0 aliphatic heterocycles. The van der Waals surface area contributed by atoms with Gasteiger partial charge in [-0.2, -0.15) is 0 Å². The molecule has 0 aliphatic carbocycles. The van der Waals surface area contributed by atoms with E-state index < -0.39 is 0 Å². The summed E-state index contributed by atoms with van der Waals surface area (Å²) in [7, 11) is 1.62. The zero-order valence-corrected chi connectivity index (χ0v) is 9.87.